The van der Waals surface area contributed by atoms with Crippen molar-refractivity contribution in [3.63, 3.8) is 0 Å². The van der Waals surface area contributed by atoms with Crippen LogP contribution in [0.1, 0.15) is 1.43 Å². The molecule has 72 valence electrons. The van der Waals surface area contributed by atoms with Gasteiger partial charge in [-0.3, -0.25) is 0 Å². The number of amides is 2. The van der Waals surface area contributed by atoms with Gasteiger partial charge in [0.1, 0.15) is 5.75 Å². The Labute approximate surface area is 107 Å². The zero-order valence-corrected chi connectivity index (χ0v) is 10.6. The molecule has 1 rings (SSSR count). The second-order valence-electron chi connectivity index (χ2n) is 2.87. The van der Waals surface area contributed by atoms with Crippen LogP contribution in [0.3, 0.4) is 0 Å². The van der Waals surface area contributed by atoms with Crippen LogP contribution in [0, 0.1) is 0 Å². The summed E-state index contributed by atoms with van der Waals surface area (Å²) in [6, 6.07) is 6.12. The maximum Gasteiger partial charge on any atom is 1.00 e. The molecule has 0 atom stereocenters. The molecule has 0 aromatic heterocycles. The van der Waals surface area contributed by atoms with Crippen LogP contribution in [0.4, 0.5) is 10.5 Å². The maximum absolute atomic E-state index is 11.1. The van der Waals surface area contributed by atoms with Gasteiger partial charge in [-0.15, -0.1) is 0 Å². The van der Waals surface area contributed by atoms with Gasteiger partial charge in [0.25, 0.3) is 0 Å². The number of carbonyl (C=O) groups is 1. The fraction of sp³-hybridized carbons (Fsp3) is 0.222. The molecule has 2 amide bonds. The van der Waals surface area contributed by atoms with Crippen LogP contribution < -0.4 is 34.9 Å². The van der Waals surface area contributed by atoms with Crippen molar-refractivity contribution in [2.75, 3.05) is 19.4 Å². The van der Waals surface area contributed by atoms with E-state index in [9.17, 15) is 4.79 Å². The minimum atomic E-state index is -0.189. The summed E-state index contributed by atoms with van der Waals surface area (Å²) in [4.78, 5) is 12.6. The maximum atomic E-state index is 11.1. The number of carbonyl (C=O) groups excluding carboxylic acids is 1. The van der Waals surface area contributed by atoms with E-state index in [4.69, 9.17) is 5.11 Å². The molecular weight excluding hydrogens is 191 g/mol. The molecular formula is C9H13N2NaO2. The van der Waals surface area contributed by atoms with Gasteiger partial charge < -0.3 is 16.7 Å². The molecule has 14 heavy (non-hydrogen) atoms. The summed E-state index contributed by atoms with van der Waals surface area (Å²) in [6.07, 6.45) is 0. The second-order valence-corrected chi connectivity index (χ2v) is 2.87. The number of hydrogen-bond acceptors (Lipinski definition) is 2. The predicted molar refractivity (Wildman–Crippen MR) is 51.9 cm³/mol. The van der Waals surface area contributed by atoms with Crippen molar-refractivity contribution in [2.45, 2.75) is 0 Å². The molecule has 0 fully saturated rings. The molecule has 0 aliphatic carbocycles. The van der Waals surface area contributed by atoms with E-state index < -0.39 is 0 Å². The van der Waals surface area contributed by atoms with Gasteiger partial charge in [-0.2, -0.15) is 0 Å². The van der Waals surface area contributed by atoms with Gasteiger partial charge in [-0.05, 0) is 24.3 Å². The van der Waals surface area contributed by atoms with Gasteiger partial charge in [-0.25, -0.2) is 4.79 Å². The summed E-state index contributed by atoms with van der Waals surface area (Å²) >= 11 is 0. The number of benzene rings is 1. The zero-order chi connectivity index (χ0) is 9.84. The summed E-state index contributed by atoms with van der Waals surface area (Å²) in [5, 5.41) is 11.6. The van der Waals surface area contributed by atoms with Crippen LogP contribution in [0.15, 0.2) is 24.3 Å². The Morgan fingerprint density at radius 2 is 1.86 bits per heavy atom. The van der Waals surface area contributed by atoms with E-state index >= 15 is 0 Å². The fourth-order valence-corrected chi connectivity index (χ4v) is 0.780. The molecule has 2 N–H and O–H groups in total. The monoisotopic (exact) mass is 204 g/mol. The summed E-state index contributed by atoms with van der Waals surface area (Å²) < 4.78 is 0. The molecule has 0 unspecified atom stereocenters. The quantitative estimate of drug-likeness (QED) is 0.437. The Morgan fingerprint density at radius 1 is 1.36 bits per heavy atom. The number of urea groups is 1. The number of anilines is 1. The topological polar surface area (TPSA) is 52.6 Å². The van der Waals surface area contributed by atoms with Gasteiger partial charge in [0.05, 0.1) is 0 Å². The van der Waals surface area contributed by atoms with Crippen molar-refractivity contribution in [3.05, 3.63) is 24.3 Å². The summed E-state index contributed by atoms with van der Waals surface area (Å²) in [6.45, 7) is 0. The smallest absolute Gasteiger partial charge is 1.00 e. The number of phenols is 1. The first-order valence-electron chi connectivity index (χ1n) is 3.87. The van der Waals surface area contributed by atoms with Crippen molar-refractivity contribution in [2.24, 2.45) is 0 Å². The zero-order valence-electron chi connectivity index (χ0n) is 9.61. The Bertz CT molecular complexity index is 303. The van der Waals surface area contributed by atoms with E-state index in [1.54, 1.807) is 26.2 Å². The Hall–Kier alpha value is -0.710. The molecule has 0 saturated heterocycles. The molecule has 1 aromatic rings. The third-order valence-electron chi connectivity index (χ3n) is 1.52. The van der Waals surface area contributed by atoms with E-state index in [0.29, 0.717) is 5.69 Å². The second kappa shape index (κ2) is 5.90. The van der Waals surface area contributed by atoms with Crippen molar-refractivity contribution in [1.29, 1.82) is 0 Å². The molecule has 5 heteroatoms. The summed E-state index contributed by atoms with van der Waals surface area (Å²) in [7, 11) is 3.32. The van der Waals surface area contributed by atoms with E-state index in [2.05, 4.69) is 5.32 Å². The number of aromatic hydroxyl groups is 1. The molecule has 0 saturated carbocycles. The van der Waals surface area contributed by atoms with E-state index in [0.717, 1.165) is 0 Å². The van der Waals surface area contributed by atoms with Crippen LogP contribution in [0.2, 0.25) is 0 Å². The molecule has 0 radical (unpaired) electrons. The summed E-state index contributed by atoms with van der Waals surface area (Å²) in [5.41, 5.74) is 0.663. The average molecular weight is 204 g/mol. The van der Waals surface area contributed by atoms with Gasteiger partial charge in [0.2, 0.25) is 0 Å². The Balaban J connectivity index is 0. The number of rotatable bonds is 1. The van der Waals surface area contributed by atoms with Crippen LogP contribution in [0.25, 0.3) is 0 Å². The first-order valence-corrected chi connectivity index (χ1v) is 3.87. The first-order chi connectivity index (χ1) is 6.09. The normalized spacial score (nSPS) is 8.71. The van der Waals surface area contributed by atoms with E-state index in [1.165, 1.54) is 17.0 Å². The number of hydrogen-bond donors (Lipinski definition) is 2. The average Bonchev–Trinajstić information content (AvgIpc) is 2.08. The van der Waals surface area contributed by atoms with Crippen LogP contribution in [0.5, 0.6) is 5.75 Å². The van der Waals surface area contributed by atoms with Gasteiger partial charge >= 0.3 is 35.6 Å². The van der Waals surface area contributed by atoms with E-state index in [1.807, 2.05) is 0 Å². The van der Waals surface area contributed by atoms with Gasteiger partial charge in [0.15, 0.2) is 0 Å². The molecule has 0 spiro atoms. The van der Waals surface area contributed by atoms with Crippen molar-refractivity contribution >= 4 is 11.7 Å². The minimum Gasteiger partial charge on any atom is -1.00 e. The van der Waals surface area contributed by atoms with Crippen molar-refractivity contribution in [1.82, 2.24) is 4.90 Å². The van der Waals surface area contributed by atoms with Crippen molar-refractivity contribution in [3.8, 4) is 5.75 Å². The molecule has 0 bridgehead atoms. The number of phenolic OH excluding ortho intramolecular Hbond substituents is 1. The van der Waals surface area contributed by atoms with Crippen LogP contribution in [-0.2, 0) is 0 Å². The minimum absolute atomic E-state index is 0. The van der Waals surface area contributed by atoms with Crippen LogP contribution >= 0.6 is 0 Å². The van der Waals surface area contributed by atoms with Crippen molar-refractivity contribution < 1.29 is 40.9 Å². The van der Waals surface area contributed by atoms with Crippen LogP contribution in [-0.4, -0.2) is 30.1 Å². The predicted octanol–water partition coefficient (Wildman–Crippen LogP) is -1.40. The largest absolute Gasteiger partial charge is 1.00 e. The number of nitrogens with zero attached hydrogens (tertiary/aromatic N) is 1. The molecule has 1 aromatic carbocycles. The third kappa shape index (κ3) is 4.00. The number of nitrogens with one attached hydrogen (secondary N) is 1. The Morgan fingerprint density at radius 3 is 2.29 bits per heavy atom. The van der Waals surface area contributed by atoms with E-state index in [-0.39, 0.29) is 42.8 Å². The first kappa shape index (κ1) is 13.3. The Kier molecular flexibility index (Phi) is 5.60. The molecule has 0 aliphatic rings. The SMILES string of the molecule is CN(C)C(=O)Nc1ccc(O)cc1.[H-].[Na+]. The summed E-state index contributed by atoms with van der Waals surface area (Å²) in [5.74, 6) is 0.183. The molecule has 0 heterocycles. The standard InChI is InChI=1S/C9H12N2O2.Na.H/c1-11(2)9(13)10-7-3-5-8(12)6-4-7;;/h3-6,12H,1-2H3,(H,10,13);;/q;+1;-1. The molecule has 4 nitrogen and oxygen atoms in total. The van der Waals surface area contributed by atoms with Gasteiger partial charge in [0, 0.05) is 19.8 Å². The third-order valence-corrected chi connectivity index (χ3v) is 1.52. The van der Waals surface area contributed by atoms with Gasteiger partial charge in [-0.1, -0.05) is 0 Å². The molecule has 0 aliphatic heterocycles. The fourth-order valence-electron chi connectivity index (χ4n) is 0.780.